The molecule has 0 unspecified atom stereocenters. The summed E-state index contributed by atoms with van der Waals surface area (Å²) in [6.45, 7) is 1.43. The van der Waals surface area contributed by atoms with E-state index in [2.05, 4.69) is 20.8 Å². The van der Waals surface area contributed by atoms with Crippen LogP contribution in [0.2, 0.25) is 0 Å². The number of rotatable bonds is 2. The lowest BCUT2D eigenvalue weighted by atomic mass is 10.1. The molecule has 1 amide bonds. The molecule has 1 aliphatic heterocycles. The largest absolute Gasteiger partial charge is 0.416 e. The summed E-state index contributed by atoms with van der Waals surface area (Å²) in [5, 5.41) is 12.7. The van der Waals surface area contributed by atoms with Crippen LogP contribution in [-0.4, -0.2) is 22.6 Å². The number of hydrogen-bond acceptors (Lipinski definition) is 3. The highest BCUT2D eigenvalue weighted by Gasteiger charge is 2.30. The minimum Gasteiger partial charge on any atom is -0.312 e. The first-order valence-electron chi connectivity index (χ1n) is 6.70. The molecule has 1 aromatic heterocycles. The van der Waals surface area contributed by atoms with Crippen molar-refractivity contribution in [1.82, 2.24) is 15.5 Å². The fourth-order valence-electron chi connectivity index (χ4n) is 2.32. The van der Waals surface area contributed by atoms with Crippen molar-refractivity contribution in [2.45, 2.75) is 19.1 Å². The number of anilines is 1. The first-order chi connectivity index (χ1) is 10.4. The Hall–Kier alpha value is -2.35. The number of nitrogens with zero attached hydrogens (tertiary/aromatic N) is 1. The van der Waals surface area contributed by atoms with E-state index < -0.39 is 17.6 Å². The molecule has 0 radical (unpaired) electrons. The Kier molecular flexibility index (Phi) is 3.61. The Morgan fingerprint density at radius 2 is 1.95 bits per heavy atom. The molecule has 3 N–H and O–H groups in total. The average molecular weight is 310 g/mol. The molecule has 0 aliphatic carbocycles. The van der Waals surface area contributed by atoms with Gasteiger partial charge in [0.15, 0.2) is 5.82 Å². The van der Waals surface area contributed by atoms with Crippen LogP contribution in [0.5, 0.6) is 0 Å². The number of H-pyrrole nitrogens is 1. The van der Waals surface area contributed by atoms with Crippen molar-refractivity contribution >= 4 is 11.7 Å². The van der Waals surface area contributed by atoms with E-state index in [1.807, 2.05) is 0 Å². The van der Waals surface area contributed by atoms with Gasteiger partial charge in [-0.2, -0.15) is 18.3 Å². The van der Waals surface area contributed by atoms with Gasteiger partial charge in [0.2, 0.25) is 0 Å². The highest BCUT2D eigenvalue weighted by Crippen LogP contribution is 2.29. The summed E-state index contributed by atoms with van der Waals surface area (Å²) >= 11 is 0. The molecule has 3 rings (SSSR count). The smallest absolute Gasteiger partial charge is 0.312 e. The van der Waals surface area contributed by atoms with Crippen LogP contribution >= 0.6 is 0 Å². The fourth-order valence-corrected chi connectivity index (χ4v) is 2.32. The molecule has 0 saturated heterocycles. The van der Waals surface area contributed by atoms with E-state index in [1.54, 1.807) is 0 Å². The van der Waals surface area contributed by atoms with E-state index in [-0.39, 0.29) is 5.56 Å². The Bertz CT molecular complexity index is 691. The number of fused-ring (bicyclic) bond motifs is 1. The highest BCUT2D eigenvalue weighted by molar-refractivity contribution is 6.04. The van der Waals surface area contributed by atoms with E-state index in [0.29, 0.717) is 12.4 Å². The van der Waals surface area contributed by atoms with Gasteiger partial charge in [0.05, 0.1) is 5.56 Å². The van der Waals surface area contributed by atoms with Gasteiger partial charge in [-0.05, 0) is 24.3 Å². The number of benzene rings is 1. The molecule has 2 heterocycles. The number of alkyl halides is 3. The number of aromatic amines is 1. The van der Waals surface area contributed by atoms with Gasteiger partial charge in [0.25, 0.3) is 5.91 Å². The maximum absolute atomic E-state index is 12.5. The molecule has 0 saturated carbocycles. The lowest BCUT2D eigenvalue weighted by Gasteiger charge is -2.13. The molecule has 116 valence electrons. The van der Waals surface area contributed by atoms with Crippen LogP contribution in [0.3, 0.4) is 0 Å². The number of nitrogens with one attached hydrogen (secondary N) is 3. The molecule has 0 bridgehead atoms. The Morgan fingerprint density at radius 1 is 1.23 bits per heavy atom. The summed E-state index contributed by atoms with van der Waals surface area (Å²) in [7, 11) is 0. The van der Waals surface area contributed by atoms with Gasteiger partial charge in [0.1, 0.15) is 0 Å². The first-order valence-corrected chi connectivity index (χ1v) is 6.70. The maximum atomic E-state index is 12.5. The van der Waals surface area contributed by atoms with Crippen molar-refractivity contribution in [2.24, 2.45) is 0 Å². The third-order valence-corrected chi connectivity index (χ3v) is 3.51. The second-order valence-corrected chi connectivity index (χ2v) is 4.99. The second kappa shape index (κ2) is 5.45. The van der Waals surface area contributed by atoms with E-state index in [0.717, 1.165) is 48.5 Å². The summed E-state index contributed by atoms with van der Waals surface area (Å²) in [4.78, 5) is 12.1. The van der Waals surface area contributed by atoms with Crippen molar-refractivity contribution in [3.63, 3.8) is 0 Å². The van der Waals surface area contributed by atoms with E-state index in [9.17, 15) is 18.0 Å². The molecule has 1 aliphatic rings. The van der Waals surface area contributed by atoms with Crippen LogP contribution in [0.1, 0.15) is 27.2 Å². The number of aromatic nitrogens is 2. The molecule has 1 aromatic carbocycles. The minimum absolute atomic E-state index is 0.147. The second-order valence-electron chi connectivity index (χ2n) is 4.99. The van der Waals surface area contributed by atoms with Gasteiger partial charge in [-0.1, -0.05) is 0 Å². The van der Waals surface area contributed by atoms with Crippen molar-refractivity contribution in [3.05, 3.63) is 46.6 Å². The molecule has 8 heteroatoms. The average Bonchev–Trinajstić information content (AvgIpc) is 2.90. The minimum atomic E-state index is -4.41. The van der Waals surface area contributed by atoms with Crippen LogP contribution in [-0.2, 0) is 19.1 Å². The van der Waals surface area contributed by atoms with E-state index in [1.165, 1.54) is 0 Å². The quantitative estimate of drug-likeness (QED) is 0.797. The van der Waals surface area contributed by atoms with Gasteiger partial charge in [-0.15, -0.1) is 0 Å². The summed E-state index contributed by atoms with van der Waals surface area (Å²) in [5.41, 5.74) is 1.20. The predicted octanol–water partition coefficient (Wildman–Crippen LogP) is 2.33. The van der Waals surface area contributed by atoms with Crippen LogP contribution in [0.25, 0.3) is 0 Å². The summed E-state index contributed by atoms with van der Waals surface area (Å²) < 4.78 is 37.5. The number of carbonyl (C=O) groups is 1. The van der Waals surface area contributed by atoms with Crippen molar-refractivity contribution in [1.29, 1.82) is 0 Å². The molecule has 0 fully saturated rings. The third kappa shape index (κ3) is 2.82. The number of amides is 1. The van der Waals surface area contributed by atoms with E-state index in [4.69, 9.17) is 0 Å². The van der Waals surface area contributed by atoms with Crippen LogP contribution in [0.15, 0.2) is 24.3 Å². The number of carbonyl (C=O) groups excluding carboxylic acids is 1. The van der Waals surface area contributed by atoms with Crippen LogP contribution < -0.4 is 10.6 Å². The molecule has 22 heavy (non-hydrogen) atoms. The zero-order valence-corrected chi connectivity index (χ0v) is 11.4. The monoisotopic (exact) mass is 310 g/mol. The zero-order valence-electron chi connectivity index (χ0n) is 11.4. The summed E-state index contributed by atoms with van der Waals surface area (Å²) in [6.07, 6.45) is -3.62. The third-order valence-electron chi connectivity index (χ3n) is 3.51. The molecule has 0 atom stereocenters. The first kappa shape index (κ1) is 14.6. The SMILES string of the molecule is O=C(Nc1n[nH]c2c1CNCC2)c1ccc(C(F)(F)F)cc1. The van der Waals surface area contributed by atoms with Crippen LogP contribution in [0, 0.1) is 0 Å². The Labute approximate surface area is 123 Å². The standard InChI is InChI=1S/C14H13F3N4O/c15-14(16,17)9-3-1-8(2-4-9)13(22)19-12-10-7-18-6-5-11(10)20-21-12/h1-4,18H,5-7H2,(H2,19,20,21,22). The normalized spacial score (nSPS) is 14.5. The molecular formula is C14H13F3N4O. The van der Waals surface area contributed by atoms with Gasteiger partial charge in [-0.3, -0.25) is 9.89 Å². The Balaban J connectivity index is 1.76. The predicted molar refractivity (Wildman–Crippen MR) is 73.4 cm³/mol. The van der Waals surface area contributed by atoms with Gasteiger partial charge < -0.3 is 10.6 Å². The lowest BCUT2D eigenvalue weighted by molar-refractivity contribution is -0.137. The lowest BCUT2D eigenvalue weighted by Crippen LogP contribution is -2.24. The Morgan fingerprint density at radius 3 is 2.64 bits per heavy atom. The molecule has 0 spiro atoms. The van der Waals surface area contributed by atoms with Gasteiger partial charge in [-0.25, -0.2) is 0 Å². The molecule has 2 aromatic rings. The maximum Gasteiger partial charge on any atom is 0.416 e. The summed E-state index contributed by atoms with van der Waals surface area (Å²) in [5.74, 6) is -0.0827. The fraction of sp³-hybridized carbons (Fsp3) is 0.286. The topological polar surface area (TPSA) is 69.8 Å². The highest BCUT2D eigenvalue weighted by atomic mass is 19.4. The summed E-state index contributed by atoms with van der Waals surface area (Å²) in [6, 6.07) is 4.07. The van der Waals surface area contributed by atoms with Crippen molar-refractivity contribution < 1.29 is 18.0 Å². The van der Waals surface area contributed by atoms with Crippen molar-refractivity contribution in [2.75, 3.05) is 11.9 Å². The van der Waals surface area contributed by atoms with E-state index >= 15 is 0 Å². The zero-order chi connectivity index (χ0) is 15.7. The number of hydrogen-bond donors (Lipinski definition) is 3. The van der Waals surface area contributed by atoms with Crippen LogP contribution in [0.4, 0.5) is 19.0 Å². The van der Waals surface area contributed by atoms with Gasteiger partial charge >= 0.3 is 6.18 Å². The molecule has 5 nitrogen and oxygen atoms in total. The molecular weight excluding hydrogens is 297 g/mol. The van der Waals surface area contributed by atoms with Gasteiger partial charge in [0, 0.05) is 36.3 Å². The van der Waals surface area contributed by atoms with Crippen molar-refractivity contribution in [3.8, 4) is 0 Å². The number of halogens is 3.